The second-order valence-corrected chi connectivity index (χ2v) is 0.872. The van der Waals surface area contributed by atoms with E-state index in [-0.39, 0.29) is 0 Å². The molecule has 4 nitrogen and oxygen atoms in total. The number of ether oxygens (including phenoxy) is 1. The van der Waals surface area contributed by atoms with Crippen LogP contribution in [0.2, 0.25) is 0 Å². The summed E-state index contributed by atoms with van der Waals surface area (Å²) in [6.45, 7) is 6.51. The molecule has 0 aliphatic heterocycles. The monoisotopic (exact) mass is 130 g/mol. The molecule has 0 saturated carbocycles. The molecule has 0 unspecified atom stereocenters. The fraction of sp³-hybridized carbons (Fsp3) is 0. The van der Waals surface area contributed by atoms with Crippen molar-refractivity contribution in [3.8, 4) is 0 Å². The molecule has 52 valence electrons. The average molecular weight is 130 g/mol. The van der Waals surface area contributed by atoms with Gasteiger partial charge >= 0.3 is 6.03 Å². The minimum absolute atomic E-state index is 0.833. The van der Waals surface area contributed by atoms with Gasteiger partial charge in [-0.2, -0.15) is 0 Å². The van der Waals surface area contributed by atoms with Gasteiger partial charge in [-0.15, -0.1) is 0 Å². The summed E-state index contributed by atoms with van der Waals surface area (Å²) in [4.78, 5) is 9.00. The molecule has 4 heteroatoms. The van der Waals surface area contributed by atoms with Crippen molar-refractivity contribution in [2.24, 2.45) is 11.5 Å². The lowest BCUT2D eigenvalue weighted by atomic mass is 11.1. The van der Waals surface area contributed by atoms with Gasteiger partial charge in [0.05, 0.1) is 12.5 Å². The molecule has 0 spiro atoms. The summed E-state index contributed by atoms with van der Waals surface area (Å²) in [6.07, 6.45) is 2.62. The standard InChI is InChI=1S/C4H6O.CH4N2O/c1-3-5-4-2;2-1(3)4/h3-4H,1-2H2;(H4,2,3,4). The third kappa shape index (κ3) is 448. The van der Waals surface area contributed by atoms with E-state index in [1.165, 1.54) is 12.5 Å². The Morgan fingerprint density at radius 1 is 1.33 bits per heavy atom. The maximum atomic E-state index is 9.00. The van der Waals surface area contributed by atoms with E-state index in [2.05, 4.69) is 29.4 Å². The summed E-state index contributed by atoms with van der Waals surface area (Å²) in [5, 5.41) is 0. The second kappa shape index (κ2) is 9.75. The molecule has 0 aromatic rings. The largest absolute Gasteiger partial charge is 0.474 e. The van der Waals surface area contributed by atoms with E-state index in [0.717, 1.165) is 0 Å². The predicted octanol–water partition coefficient (Wildman–Crippen LogP) is 0.314. The van der Waals surface area contributed by atoms with Crippen LogP contribution in [-0.4, -0.2) is 6.03 Å². The Bertz CT molecular complexity index is 91.1. The van der Waals surface area contributed by atoms with Gasteiger partial charge in [0, 0.05) is 0 Å². The van der Waals surface area contributed by atoms with Crippen LogP contribution in [-0.2, 0) is 4.74 Å². The highest BCUT2D eigenvalue weighted by Crippen LogP contribution is 1.65. The molecule has 0 radical (unpaired) electrons. The van der Waals surface area contributed by atoms with Crippen molar-refractivity contribution in [2.45, 2.75) is 0 Å². The average Bonchev–Trinajstić information content (AvgIpc) is 1.66. The third-order valence-corrected chi connectivity index (χ3v) is 0.192. The van der Waals surface area contributed by atoms with Crippen molar-refractivity contribution in [1.82, 2.24) is 0 Å². The van der Waals surface area contributed by atoms with Crippen LogP contribution in [0.5, 0.6) is 0 Å². The molecule has 0 atom stereocenters. The maximum Gasteiger partial charge on any atom is 0.309 e. The SMILES string of the molecule is C=COC=C.NC(N)=O. The summed E-state index contributed by atoms with van der Waals surface area (Å²) in [7, 11) is 0. The number of rotatable bonds is 2. The molecular formula is C5H10N2O2. The molecule has 0 bridgehead atoms. The molecule has 0 aliphatic carbocycles. The van der Waals surface area contributed by atoms with E-state index in [1.807, 2.05) is 0 Å². The summed E-state index contributed by atoms with van der Waals surface area (Å²) < 4.78 is 4.36. The van der Waals surface area contributed by atoms with Crippen molar-refractivity contribution in [3.63, 3.8) is 0 Å². The van der Waals surface area contributed by atoms with Crippen LogP contribution >= 0.6 is 0 Å². The first-order valence-corrected chi connectivity index (χ1v) is 2.07. The number of urea groups is 1. The number of nitrogens with two attached hydrogens (primary N) is 2. The minimum atomic E-state index is -0.833. The Hall–Kier alpha value is -1.45. The molecule has 9 heavy (non-hydrogen) atoms. The van der Waals surface area contributed by atoms with Crippen molar-refractivity contribution >= 4 is 6.03 Å². The minimum Gasteiger partial charge on any atom is -0.474 e. The van der Waals surface area contributed by atoms with Gasteiger partial charge in [-0.05, 0) is 0 Å². The zero-order valence-corrected chi connectivity index (χ0v) is 5.04. The fourth-order valence-electron chi connectivity index (χ4n) is 0.0680. The van der Waals surface area contributed by atoms with Crippen LogP contribution < -0.4 is 11.5 Å². The van der Waals surface area contributed by atoms with Gasteiger partial charge < -0.3 is 16.2 Å². The van der Waals surface area contributed by atoms with E-state index >= 15 is 0 Å². The van der Waals surface area contributed by atoms with Crippen molar-refractivity contribution in [1.29, 1.82) is 0 Å². The van der Waals surface area contributed by atoms with Crippen LogP contribution in [0.15, 0.2) is 25.7 Å². The van der Waals surface area contributed by atoms with E-state index in [9.17, 15) is 0 Å². The van der Waals surface area contributed by atoms with Gasteiger partial charge in [0.25, 0.3) is 0 Å². The van der Waals surface area contributed by atoms with Gasteiger partial charge in [0.2, 0.25) is 0 Å². The number of carbonyl (C=O) groups is 1. The van der Waals surface area contributed by atoms with E-state index in [0.29, 0.717) is 0 Å². The summed E-state index contributed by atoms with van der Waals surface area (Å²) in [5.41, 5.74) is 8.50. The number of amides is 2. The van der Waals surface area contributed by atoms with E-state index in [1.54, 1.807) is 0 Å². The zero-order valence-electron chi connectivity index (χ0n) is 5.04. The van der Waals surface area contributed by atoms with Crippen LogP contribution in [0.1, 0.15) is 0 Å². The topological polar surface area (TPSA) is 78.3 Å². The quantitative estimate of drug-likeness (QED) is 0.528. The zero-order chi connectivity index (χ0) is 7.70. The summed E-state index contributed by atoms with van der Waals surface area (Å²) >= 11 is 0. The first kappa shape index (κ1) is 10.5. The molecule has 0 rings (SSSR count). The molecule has 4 N–H and O–H groups in total. The number of hydrogen-bond donors (Lipinski definition) is 2. The number of hydrogen-bond acceptors (Lipinski definition) is 2. The molecule has 0 aromatic carbocycles. The summed E-state index contributed by atoms with van der Waals surface area (Å²) in [5.74, 6) is 0. The second-order valence-electron chi connectivity index (χ2n) is 0.872. The van der Waals surface area contributed by atoms with Crippen molar-refractivity contribution in [2.75, 3.05) is 0 Å². The van der Waals surface area contributed by atoms with Gasteiger partial charge in [-0.1, -0.05) is 13.2 Å². The normalized spacial score (nSPS) is 5.78. The molecule has 0 saturated heterocycles. The van der Waals surface area contributed by atoms with E-state index in [4.69, 9.17) is 4.79 Å². The van der Waals surface area contributed by atoms with Crippen LogP contribution in [0, 0.1) is 0 Å². The van der Waals surface area contributed by atoms with Crippen molar-refractivity contribution in [3.05, 3.63) is 25.7 Å². The number of carbonyl (C=O) groups excluding carboxylic acids is 1. The molecule has 0 aliphatic rings. The molecule has 0 aromatic heterocycles. The first-order valence-electron chi connectivity index (χ1n) is 2.07. The van der Waals surface area contributed by atoms with Crippen LogP contribution in [0.4, 0.5) is 4.79 Å². The van der Waals surface area contributed by atoms with Gasteiger partial charge in [0.1, 0.15) is 0 Å². The highest BCUT2D eigenvalue weighted by Gasteiger charge is 1.60. The van der Waals surface area contributed by atoms with Crippen LogP contribution in [0.3, 0.4) is 0 Å². The highest BCUT2D eigenvalue weighted by molar-refractivity contribution is 5.69. The Balaban J connectivity index is 0. The molecular weight excluding hydrogens is 120 g/mol. The predicted molar refractivity (Wildman–Crippen MR) is 35.2 cm³/mol. The van der Waals surface area contributed by atoms with Crippen LogP contribution in [0.25, 0.3) is 0 Å². The molecule has 0 fully saturated rings. The molecule has 0 heterocycles. The molecule has 2 amide bonds. The highest BCUT2D eigenvalue weighted by atomic mass is 16.5. The Labute approximate surface area is 53.8 Å². The summed E-state index contributed by atoms with van der Waals surface area (Å²) in [6, 6.07) is -0.833. The lowest BCUT2D eigenvalue weighted by Gasteiger charge is -1.76. The van der Waals surface area contributed by atoms with Gasteiger partial charge in [-0.3, -0.25) is 0 Å². The van der Waals surface area contributed by atoms with E-state index < -0.39 is 6.03 Å². The lowest BCUT2D eigenvalue weighted by Crippen LogP contribution is -2.18. The van der Waals surface area contributed by atoms with Gasteiger partial charge in [0.15, 0.2) is 0 Å². The third-order valence-electron chi connectivity index (χ3n) is 0.192. The Morgan fingerprint density at radius 2 is 1.56 bits per heavy atom. The Morgan fingerprint density at radius 3 is 1.56 bits per heavy atom. The fourth-order valence-corrected chi connectivity index (χ4v) is 0.0680. The van der Waals surface area contributed by atoms with Crippen molar-refractivity contribution < 1.29 is 9.53 Å². The Kier molecular flexibility index (Phi) is 11.4. The maximum absolute atomic E-state index is 9.00. The lowest BCUT2D eigenvalue weighted by molar-refractivity contribution is 0.256. The van der Waals surface area contributed by atoms with Gasteiger partial charge in [-0.25, -0.2) is 4.79 Å². The smallest absolute Gasteiger partial charge is 0.309 e. The first-order chi connectivity index (χ1) is 4.15. The number of primary amides is 2.